The number of piperidine rings is 1. The maximum absolute atomic E-state index is 12.6. The van der Waals surface area contributed by atoms with Crippen LogP contribution in [0, 0.1) is 6.92 Å². The Morgan fingerprint density at radius 1 is 1.16 bits per heavy atom. The van der Waals surface area contributed by atoms with Crippen LogP contribution in [0.5, 0.6) is 5.88 Å². The summed E-state index contributed by atoms with van der Waals surface area (Å²) < 4.78 is 11.5. The highest BCUT2D eigenvalue weighted by molar-refractivity contribution is 5.96. The summed E-state index contributed by atoms with van der Waals surface area (Å²) in [6.45, 7) is 3.17. The first-order chi connectivity index (χ1) is 12.2. The van der Waals surface area contributed by atoms with Gasteiger partial charge in [-0.15, -0.1) is 5.10 Å². The standard InChI is InChI=1S/C19H19N3O3/c1-13-6-7-18(21-20-13)24-15-8-10-22(11-9-15)19(23)17-12-14-4-2-3-5-16(14)25-17/h2-7,12,15H,8-11H2,1H3. The van der Waals surface area contributed by atoms with E-state index in [1.807, 2.05) is 54.3 Å². The van der Waals surface area contributed by atoms with Crippen molar-refractivity contribution in [1.29, 1.82) is 0 Å². The highest BCUT2D eigenvalue weighted by Crippen LogP contribution is 2.22. The summed E-state index contributed by atoms with van der Waals surface area (Å²) in [6.07, 6.45) is 1.58. The minimum absolute atomic E-state index is 0.0525. The summed E-state index contributed by atoms with van der Waals surface area (Å²) in [4.78, 5) is 14.5. The second-order valence-electron chi connectivity index (χ2n) is 6.27. The van der Waals surface area contributed by atoms with E-state index in [-0.39, 0.29) is 12.0 Å². The Morgan fingerprint density at radius 2 is 1.96 bits per heavy atom. The highest BCUT2D eigenvalue weighted by atomic mass is 16.5. The van der Waals surface area contributed by atoms with Crippen LogP contribution in [0.1, 0.15) is 29.1 Å². The van der Waals surface area contributed by atoms with E-state index in [9.17, 15) is 4.79 Å². The van der Waals surface area contributed by atoms with Crippen LogP contribution < -0.4 is 4.74 Å². The second kappa shape index (κ2) is 6.55. The predicted octanol–water partition coefficient (Wildman–Crippen LogP) is 3.21. The third-order valence-corrected chi connectivity index (χ3v) is 4.43. The van der Waals surface area contributed by atoms with E-state index in [2.05, 4.69) is 10.2 Å². The van der Waals surface area contributed by atoms with Crippen molar-refractivity contribution in [2.24, 2.45) is 0 Å². The van der Waals surface area contributed by atoms with Gasteiger partial charge in [0.05, 0.1) is 5.69 Å². The molecule has 3 heterocycles. The van der Waals surface area contributed by atoms with Crippen LogP contribution >= 0.6 is 0 Å². The third kappa shape index (κ3) is 3.33. The van der Waals surface area contributed by atoms with Gasteiger partial charge in [0, 0.05) is 37.4 Å². The maximum atomic E-state index is 12.6. The molecule has 6 heteroatoms. The van der Waals surface area contributed by atoms with Crippen molar-refractivity contribution in [3.63, 3.8) is 0 Å². The molecule has 1 aliphatic heterocycles. The molecule has 0 bridgehead atoms. The first-order valence-corrected chi connectivity index (χ1v) is 8.44. The second-order valence-corrected chi connectivity index (χ2v) is 6.27. The van der Waals surface area contributed by atoms with Gasteiger partial charge in [0.1, 0.15) is 11.7 Å². The number of furan rings is 1. The number of amides is 1. The molecule has 0 unspecified atom stereocenters. The fourth-order valence-corrected chi connectivity index (χ4v) is 3.04. The molecule has 25 heavy (non-hydrogen) atoms. The first kappa shape index (κ1) is 15.6. The first-order valence-electron chi connectivity index (χ1n) is 8.44. The topological polar surface area (TPSA) is 68.5 Å². The van der Waals surface area contributed by atoms with Crippen LogP contribution in [0.25, 0.3) is 11.0 Å². The number of aromatic nitrogens is 2. The Hall–Kier alpha value is -2.89. The lowest BCUT2D eigenvalue weighted by Gasteiger charge is -2.31. The predicted molar refractivity (Wildman–Crippen MR) is 92.5 cm³/mol. The van der Waals surface area contributed by atoms with E-state index in [1.165, 1.54) is 0 Å². The van der Waals surface area contributed by atoms with Crippen LogP contribution in [-0.4, -0.2) is 40.2 Å². The SMILES string of the molecule is Cc1ccc(OC2CCN(C(=O)c3cc4ccccc4o3)CC2)nn1. The van der Waals surface area contributed by atoms with E-state index >= 15 is 0 Å². The normalized spacial score (nSPS) is 15.5. The van der Waals surface area contributed by atoms with Gasteiger partial charge in [-0.1, -0.05) is 18.2 Å². The van der Waals surface area contributed by atoms with Gasteiger partial charge in [-0.05, 0) is 25.1 Å². The van der Waals surface area contributed by atoms with Gasteiger partial charge in [-0.3, -0.25) is 4.79 Å². The number of carbonyl (C=O) groups is 1. The van der Waals surface area contributed by atoms with E-state index in [0.717, 1.165) is 29.5 Å². The van der Waals surface area contributed by atoms with Crippen molar-refractivity contribution < 1.29 is 13.9 Å². The van der Waals surface area contributed by atoms with Crippen molar-refractivity contribution >= 4 is 16.9 Å². The van der Waals surface area contributed by atoms with Crippen molar-refractivity contribution in [3.8, 4) is 5.88 Å². The summed E-state index contributed by atoms with van der Waals surface area (Å²) in [5.74, 6) is 0.863. The number of hydrogen-bond donors (Lipinski definition) is 0. The molecule has 0 radical (unpaired) electrons. The van der Waals surface area contributed by atoms with Gasteiger partial charge < -0.3 is 14.1 Å². The summed E-state index contributed by atoms with van der Waals surface area (Å²) >= 11 is 0. The molecule has 0 saturated carbocycles. The van der Waals surface area contributed by atoms with E-state index < -0.39 is 0 Å². The monoisotopic (exact) mass is 337 g/mol. The molecule has 0 aliphatic carbocycles. The molecule has 6 nitrogen and oxygen atoms in total. The minimum Gasteiger partial charge on any atom is -0.473 e. The molecule has 3 aromatic rings. The molecular weight excluding hydrogens is 318 g/mol. The lowest BCUT2D eigenvalue weighted by molar-refractivity contribution is 0.0559. The Labute approximate surface area is 145 Å². The Balaban J connectivity index is 1.37. The average Bonchev–Trinajstić information content (AvgIpc) is 3.08. The average molecular weight is 337 g/mol. The molecule has 0 spiro atoms. The Kier molecular flexibility index (Phi) is 4.09. The molecule has 0 N–H and O–H groups in total. The third-order valence-electron chi connectivity index (χ3n) is 4.43. The summed E-state index contributed by atoms with van der Waals surface area (Å²) in [6, 6.07) is 13.2. The van der Waals surface area contributed by atoms with Crippen LogP contribution in [0.4, 0.5) is 0 Å². The molecule has 1 aromatic carbocycles. The Morgan fingerprint density at radius 3 is 2.68 bits per heavy atom. The lowest BCUT2D eigenvalue weighted by Crippen LogP contribution is -2.41. The van der Waals surface area contributed by atoms with Crippen molar-refractivity contribution in [2.45, 2.75) is 25.9 Å². The number of hydrogen-bond acceptors (Lipinski definition) is 5. The number of para-hydroxylation sites is 1. The Bertz CT molecular complexity index is 847. The van der Waals surface area contributed by atoms with Crippen LogP contribution in [-0.2, 0) is 0 Å². The number of rotatable bonds is 3. The van der Waals surface area contributed by atoms with Crippen LogP contribution in [0.15, 0.2) is 46.9 Å². The molecule has 2 aromatic heterocycles. The largest absolute Gasteiger partial charge is 0.473 e. The van der Waals surface area contributed by atoms with Gasteiger partial charge in [0.25, 0.3) is 5.91 Å². The summed E-state index contributed by atoms with van der Waals surface area (Å²) in [7, 11) is 0. The molecule has 1 aliphatic rings. The van der Waals surface area contributed by atoms with Crippen LogP contribution in [0.2, 0.25) is 0 Å². The van der Waals surface area contributed by atoms with Crippen LogP contribution in [0.3, 0.4) is 0 Å². The smallest absolute Gasteiger partial charge is 0.289 e. The van der Waals surface area contributed by atoms with Crippen molar-refractivity contribution in [3.05, 3.63) is 53.9 Å². The number of benzene rings is 1. The molecular formula is C19H19N3O3. The number of carbonyl (C=O) groups excluding carboxylic acids is 1. The molecule has 1 saturated heterocycles. The molecule has 4 rings (SSSR count). The fourth-order valence-electron chi connectivity index (χ4n) is 3.04. The quantitative estimate of drug-likeness (QED) is 0.734. The van der Waals surface area contributed by atoms with E-state index in [1.54, 1.807) is 0 Å². The number of nitrogens with zero attached hydrogens (tertiary/aromatic N) is 3. The summed E-state index contributed by atoms with van der Waals surface area (Å²) in [5, 5.41) is 8.97. The number of fused-ring (bicyclic) bond motifs is 1. The van der Waals surface area contributed by atoms with E-state index in [0.29, 0.717) is 24.7 Å². The van der Waals surface area contributed by atoms with Crippen molar-refractivity contribution in [2.75, 3.05) is 13.1 Å². The molecule has 1 amide bonds. The summed E-state index contributed by atoms with van der Waals surface area (Å²) in [5.41, 5.74) is 1.60. The minimum atomic E-state index is -0.0650. The van der Waals surface area contributed by atoms with Gasteiger partial charge in [0.15, 0.2) is 5.76 Å². The molecule has 1 fully saturated rings. The zero-order valence-electron chi connectivity index (χ0n) is 14.0. The number of ether oxygens (including phenoxy) is 1. The molecule has 128 valence electrons. The van der Waals surface area contributed by atoms with Gasteiger partial charge in [0.2, 0.25) is 5.88 Å². The molecule has 0 atom stereocenters. The highest BCUT2D eigenvalue weighted by Gasteiger charge is 2.26. The maximum Gasteiger partial charge on any atom is 0.289 e. The van der Waals surface area contributed by atoms with Gasteiger partial charge in [-0.25, -0.2) is 0 Å². The van der Waals surface area contributed by atoms with Gasteiger partial charge in [-0.2, -0.15) is 5.10 Å². The zero-order chi connectivity index (χ0) is 17.2. The zero-order valence-corrected chi connectivity index (χ0v) is 14.0. The fraction of sp³-hybridized carbons (Fsp3) is 0.316. The van der Waals surface area contributed by atoms with E-state index in [4.69, 9.17) is 9.15 Å². The number of likely N-dealkylation sites (tertiary alicyclic amines) is 1. The lowest BCUT2D eigenvalue weighted by atomic mass is 10.1. The number of aryl methyl sites for hydroxylation is 1. The van der Waals surface area contributed by atoms with Gasteiger partial charge >= 0.3 is 0 Å². The van der Waals surface area contributed by atoms with Crippen molar-refractivity contribution in [1.82, 2.24) is 15.1 Å².